The van der Waals surface area contributed by atoms with E-state index in [9.17, 15) is 24.6 Å². The molecule has 0 radical (unpaired) electrons. The van der Waals surface area contributed by atoms with Crippen molar-refractivity contribution in [3.8, 4) is 5.75 Å². The minimum atomic E-state index is -3.06. The standard InChI is InChI=1S/C48H57BrN4O8Si/c1-5-60-38-17-19-41-34(23-38)24-40(50-20-8-9-21-54)46(57)53(41)36-15-12-31(13-16-36)27-52-42-18-14-35(49)25-39(42)48(47(52)58)30(2)45(62(3,4)59)43(61-48)26-44(56)51-28-33-11-7-6-10-32(33)22-37(51)29-55/h6-7,10-19,23,25,30,37,40,43,45,50,54-55,59H,5,8-9,20-22,24,26-29H2,1-4H3/t30-,37-,40?,43+,45-,48+/m0/s1. The van der Waals surface area contributed by atoms with E-state index in [1.807, 2.05) is 112 Å². The van der Waals surface area contributed by atoms with Crippen LogP contribution in [0.25, 0.3) is 0 Å². The molecule has 12 nitrogen and oxygen atoms in total. The molecule has 4 aromatic carbocycles. The summed E-state index contributed by atoms with van der Waals surface area (Å²) >= 11 is 3.65. The molecule has 1 saturated heterocycles. The minimum Gasteiger partial charge on any atom is -0.494 e. The van der Waals surface area contributed by atoms with E-state index < -0.39 is 37.5 Å². The summed E-state index contributed by atoms with van der Waals surface area (Å²) in [5.74, 6) is -0.221. The van der Waals surface area contributed by atoms with Crippen LogP contribution >= 0.6 is 15.9 Å². The monoisotopic (exact) mass is 924 g/mol. The number of carbonyl (C=O) groups excluding carboxylic acids is 3. The Labute approximate surface area is 373 Å². The molecule has 0 bridgehead atoms. The molecule has 3 amide bonds. The van der Waals surface area contributed by atoms with Crippen LogP contribution < -0.4 is 19.9 Å². The smallest absolute Gasteiger partial charge is 0.264 e. The van der Waals surface area contributed by atoms with Gasteiger partial charge in [-0.25, -0.2) is 0 Å². The van der Waals surface area contributed by atoms with Gasteiger partial charge in [0.15, 0.2) is 13.9 Å². The van der Waals surface area contributed by atoms with E-state index in [2.05, 4.69) is 21.2 Å². The molecule has 0 aliphatic carbocycles. The molecule has 4 aromatic rings. The van der Waals surface area contributed by atoms with Gasteiger partial charge in [-0.05, 0) is 123 Å². The predicted octanol–water partition coefficient (Wildman–Crippen LogP) is 6.48. The predicted molar refractivity (Wildman–Crippen MR) is 244 cm³/mol. The van der Waals surface area contributed by atoms with Crippen molar-refractivity contribution in [2.45, 2.75) is 101 Å². The molecule has 1 spiro atoms. The fourth-order valence-electron chi connectivity index (χ4n) is 10.4. The van der Waals surface area contributed by atoms with E-state index in [0.717, 1.165) is 44.6 Å². The van der Waals surface area contributed by atoms with E-state index >= 15 is 4.79 Å². The Kier molecular flexibility index (Phi) is 12.8. The number of nitrogens with one attached hydrogen (secondary N) is 1. The van der Waals surface area contributed by atoms with Crippen LogP contribution in [0.1, 0.15) is 60.9 Å². The average molecular weight is 926 g/mol. The highest BCUT2D eigenvalue weighted by Crippen LogP contribution is 2.60. The van der Waals surface area contributed by atoms with E-state index in [4.69, 9.17) is 9.47 Å². The molecule has 4 aliphatic rings. The molecular formula is C48H57BrN4O8Si. The second-order valence-electron chi connectivity index (χ2n) is 17.7. The SMILES string of the molecule is CCOc1ccc2c(c1)CC(NCCCCO)C(=O)N2c1ccc(CN2C(=O)[C@]3(O[C@H](CC(=O)N4Cc5ccccc5C[C@H]4CO)[C@@H]([Si](C)(C)O)[C@@H]3C)c3cc(Br)ccc32)cc1. The molecule has 0 saturated carbocycles. The second kappa shape index (κ2) is 18.0. The zero-order chi connectivity index (χ0) is 43.9. The van der Waals surface area contributed by atoms with Crippen LogP contribution in [0.15, 0.2) is 89.4 Å². The normalized spacial score (nSPS) is 24.4. The lowest BCUT2D eigenvalue weighted by molar-refractivity contribution is -0.151. The van der Waals surface area contributed by atoms with Crippen LogP contribution in [-0.4, -0.2) is 90.5 Å². The van der Waals surface area contributed by atoms with E-state index in [0.29, 0.717) is 55.9 Å². The molecule has 14 heteroatoms. The van der Waals surface area contributed by atoms with Crippen molar-refractivity contribution in [1.29, 1.82) is 0 Å². The Bertz CT molecular complexity index is 2320. The molecule has 8 rings (SSSR count). The Morgan fingerprint density at radius 1 is 0.952 bits per heavy atom. The van der Waals surface area contributed by atoms with E-state index in [1.54, 1.807) is 14.7 Å². The molecule has 328 valence electrons. The fraction of sp³-hybridized carbons (Fsp3) is 0.438. The van der Waals surface area contributed by atoms with E-state index in [1.165, 1.54) is 0 Å². The molecule has 4 N–H and O–H groups in total. The van der Waals surface area contributed by atoms with Crippen LogP contribution in [0, 0.1) is 5.92 Å². The van der Waals surface area contributed by atoms with Crippen molar-refractivity contribution in [3.05, 3.63) is 117 Å². The average Bonchev–Trinajstić information content (AvgIpc) is 3.67. The molecule has 4 aliphatic heterocycles. The number of amides is 3. The first-order valence-electron chi connectivity index (χ1n) is 21.8. The van der Waals surface area contributed by atoms with Crippen molar-refractivity contribution in [2.24, 2.45) is 5.92 Å². The van der Waals surface area contributed by atoms with Gasteiger partial charge in [-0.3, -0.25) is 19.3 Å². The molecule has 1 unspecified atom stereocenters. The third kappa shape index (κ3) is 8.15. The van der Waals surface area contributed by atoms with Crippen LogP contribution in [0.4, 0.5) is 17.1 Å². The third-order valence-electron chi connectivity index (χ3n) is 13.3. The van der Waals surface area contributed by atoms with Crippen LogP contribution in [-0.2, 0) is 50.7 Å². The first kappa shape index (κ1) is 44.2. The number of fused-ring (bicyclic) bond motifs is 4. The lowest BCUT2D eigenvalue weighted by Crippen LogP contribution is -2.49. The number of unbranched alkanes of at least 4 members (excludes halogenated alkanes) is 1. The maximum atomic E-state index is 15.2. The van der Waals surface area contributed by atoms with Gasteiger partial charge in [-0.15, -0.1) is 0 Å². The van der Waals surface area contributed by atoms with Gasteiger partial charge in [-0.2, -0.15) is 0 Å². The summed E-state index contributed by atoms with van der Waals surface area (Å²) in [4.78, 5) is 60.7. The molecule has 4 heterocycles. The molecule has 0 aromatic heterocycles. The Balaban J connectivity index is 1.07. The number of aliphatic hydroxyl groups excluding tert-OH is 2. The first-order chi connectivity index (χ1) is 29.8. The number of aliphatic hydroxyl groups is 2. The second-order valence-corrected chi connectivity index (χ2v) is 22.5. The fourth-order valence-corrected chi connectivity index (χ4v) is 13.3. The summed E-state index contributed by atoms with van der Waals surface area (Å²) in [5.41, 5.74) is 4.96. The zero-order valence-electron chi connectivity index (χ0n) is 35.9. The van der Waals surface area contributed by atoms with Crippen LogP contribution in [0.3, 0.4) is 0 Å². The minimum absolute atomic E-state index is 0.0329. The number of nitrogens with zero attached hydrogens (tertiary/aromatic N) is 3. The van der Waals surface area contributed by atoms with Gasteiger partial charge >= 0.3 is 0 Å². The highest BCUT2D eigenvalue weighted by molar-refractivity contribution is 9.10. The number of ether oxygens (including phenoxy) is 2. The lowest BCUT2D eigenvalue weighted by atomic mass is 9.82. The number of carbonyl (C=O) groups is 3. The van der Waals surface area contributed by atoms with Gasteiger partial charge in [-0.1, -0.05) is 59.3 Å². The van der Waals surface area contributed by atoms with Gasteiger partial charge in [0.2, 0.25) is 11.8 Å². The number of halogens is 1. The van der Waals surface area contributed by atoms with Crippen LogP contribution in [0.2, 0.25) is 18.6 Å². The lowest BCUT2D eigenvalue weighted by Gasteiger charge is -2.37. The van der Waals surface area contributed by atoms with Gasteiger partial charge in [0.05, 0.1) is 55.7 Å². The summed E-state index contributed by atoms with van der Waals surface area (Å²) in [5, 5.41) is 23.1. The van der Waals surface area contributed by atoms with Gasteiger partial charge in [0, 0.05) is 40.3 Å². The summed E-state index contributed by atoms with van der Waals surface area (Å²) in [6.45, 7) is 9.26. The number of benzene rings is 4. The van der Waals surface area contributed by atoms with Crippen molar-refractivity contribution in [2.75, 3.05) is 36.2 Å². The Hall–Kier alpha value is -4.41. The molecule has 62 heavy (non-hydrogen) atoms. The molecule has 1 fully saturated rings. The quantitative estimate of drug-likeness (QED) is 0.0824. The van der Waals surface area contributed by atoms with Crippen molar-refractivity contribution < 1.29 is 38.9 Å². The maximum Gasteiger partial charge on any atom is 0.264 e. The maximum absolute atomic E-state index is 15.2. The Morgan fingerprint density at radius 2 is 1.69 bits per heavy atom. The van der Waals surface area contributed by atoms with Crippen molar-refractivity contribution in [3.63, 3.8) is 0 Å². The van der Waals surface area contributed by atoms with Crippen molar-refractivity contribution in [1.82, 2.24) is 10.2 Å². The summed E-state index contributed by atoms with van der Waals surface area (Å²) in [6, 6.07) is 26.4. The molecule has 6 atom stereocenters. The van der Waals surface area contributed by atoms with Crippen LogP contribution in [0.5, 0.6) is 5.75 Å². The number of anilines is 3. The largest absolute Gasteiger partial charge is 0.494 e. The zero-order valence-corrected chi connectivity index (χ0v) is 38.4. The van der Waals surface area contributed by atoms with Crippen molar-refractivity contribution >= 4 is 59.0 Å². The van der Waals surface area contributed by atoms with Gasteiger partial charge in [0.1, 0.15) is 5.75 Å². The Morgan fingerprint density at radius 3 is 2.40 bits per heavy atom. The highest BCUT2D eigenvalue weighted by Gasteiger charge is 2.66. The first-order valence-corrected chi connectivity index (χ1v) is 25.6. The number of rotatable bonds is 14. The number of hydrogen-bond donors (Lipinski definition) is 4. The topological polar surface area (TPSA) is 152 Å². The summed E-state index contributed by atoms with van der Waals surface area (Å²) in [7, 11) is -3.06. The number of hydrogen-bond acceptors (Lipinski definition) is 9. The molecular weight excluding hydrogens is 869 g/mol. The highest BCUT2D eigenvalue weighted by atomic mass is 79.9. The third-order valence-corrected chi connectivity index (χ3v) is 16.3. The summed E-state index contributed by atoms with van der Waals surface area (Å²) < 4.78 is 13.6. The van der Waals surface area contributed by atoms with E-state index in [-0.39, 0.29) is 49.9 Å². The van der Waals surface area contributed by atoms with Gasteiger partial charge < -0.3 is 39.6 Å². The summed E-state index contributed by atoms with van der Waals surface area (Å²) in [6.07, 6.45) is 1.69. The van der Waals surface area contributed by atoms with Gasteiger partial charge in [0.25, 0.3) is 5.91 Å².